The van der Waals surface area contributed by atoms with E-state index in [0.29, 0.717) is 3.83 Å². The molecule has 16 heteroatoms. The van der Waals surface area contributed by atoms with E-state index >= 15 is 0 Å². The van der Waals surface area contributed by atoms with Gasteiger partial charge in [-0.3, -0.25) is 13.7 Å². The number of carbonyl (C=O) groups is 1. The first-order valence-corrected chi connectivity index (χ1v) is 9.94. The van der Waals surface area contributed by atoms with Gasteiger partial charge in [0.05, 0.1) is 12.9 Å². The number of carboxylic acid groups (broad SMARTS) is 1. The average Bonchev–Trinajstić information content (AvgIpc) is 3.14. The zero-order chi connectivity index (χ0) is 20.6. The molecule has 0 aromatic carbocycles. The molecule has 0 saturated carbocycles. The van der Waals surface area contributed by atoms with Gasteiger partial charge in [-0.1, -0.05) is 0 Å². The van der Waals surface area contributed by atoms with Gasteiger partial charge in [-0.15, -0.1) is 0 Å². The van der Waals surface area contributed by atoms with Gasteiger partial charge < -0.3 is 35.4 Å². The van der Waals surface area contributed by atoms with Gasteiger partial charge in [0.1, 0.15) is 23.8 Å². The quantitative estimate of drug-likeness (QED) is 0.119. The first-order chi connectivity index (χ1) is 13.2. The second-order valence-corrected chi connectivity index (χ2v) is 7.37. The maximum Gasteiger partial charge on any atom is 0.361 e. The van der Waals surface area contributed by atoms with Crippen molar-refractivity contribution >= 4 is 53.8 Å². The smallest absolute Gasteiger partial charge is 0.361 e. The SMILES string of the molecule is Nc1nc(I)nc2c1ncn2[C@@H]1O[C@H](CO[C@H](O[PH](=O)O)C(=O)O)[C@@H](O)[C@H]1O. The third-order valence-electron chi connectivity index (χ3n) is 3.85. The minimum absolute atomic E-state index is 0.127. The summed E-state index contributed by atoms with van der Waals surface area (Å²) >= 11 is 1.85. The van der Waals surface area contributed by atoms with E-state index in [1.807, 2.05) is 22.6 Å². The van der Waals surface area contributed by atoms with E-state index in [1.165, 1.54) is 10.9 Å². The Morgan fingerprint density at radius 1 is 1.43 bits per heavy atom. The predicted octanol–water partition coefficient (Wildman–Crippen LogP) is -1.54. The number of anilines is 1. The highest BCUT2D eigenvalue weighted by Crippen LogP contribution is 2.32. The number of fused-ring (bicyclic) bond motifs is 1. The summed E-state index contributed by atoms with van der Waals surface area (Å²) in [5, 5.41) is 29.4. The summed E-state index contributed by atoms with van der Waals surface area (Å²) in [5.41, 5.74) is 6.33. The molecule has 3 rings (SSSR count). The Labute approximate surface area is 170 Å². The van der Waals surface area contributed by atoms with Crippen LogP contribution in [-0.4, -0.2) is 76.9 Å². The van der Waals surface area contributed by atoms with Crippen LogP contribution in [0.25, 0.3) is 11.2 Å². The lowest BCUT2D eigenvalue weighted by molar-refractivity contribution is -0.179. The van der Waals surface area contributed by atoms with Gasteiger partial charge in [-0.2, -0.15) is 0 Å². The molecule has 1 saturated heterocycles. The zero-order valence-electron chi connectivity index (χ0n) is 13.7. The van der Waals surface area contributed by atoms with Crippen LogP contribution in [0.2, 0.25) is 0 Å². The number of aliphatic hydroxyl groups excluding tert-OH is 2. The van der Waals surface area contributed by atoms with Crippen LogP contribution in [0.5, 0.6) is 0 Å². The second-order valence-electron chi connectivity index (χ2n) is 5.64. The van der Waals surface area contributed by atoms with Crippen LogP contribution in [0, 0.1) is 3.83 Å². The average molecular weight is 531 g/mol. The largest absolute Gasteiger partial charge is 0.477 e. The molecule has 6 N–H and O–H groups in total. The van der Waals surface area contributed by atoms with E-state index in [-0.39, 0.29) is 17.0 Å². The number of imidazole rings is 1. The number of carboxylic acids is 1. The van der Waals surface area contributed by atoms with Gasteiger partial charge in [-0.05, 0) is 0 Å². The van der Waals surface area contributed by atoms with Crippen molar-refractivity contribution in [1.29, 1.82) is 0 Å². The van der Waals surface area contributed by atoms with Crippen molar-refractivity contribution in [2.24, 2.45) is 0 Å². The lowest BCUT2D eigenvalue weighted by atomic mass is 10.1. The van der Waals surface area contributed by atoms with Gasteiger partial charge in [0, 0.05) is 22.6 Å². The Morgan fingerprint density at radius 2 is 2.14 bits per heavy atom. The topological polar surface area (TPSA) is 212 Å². The fourth-order valence-electron chi connectivity index (χ4n) is 2.62. The molecular formula is C12H15IN5O9P. The molecule has 0 bridgehead atoms. The van der Waals surface area contributed by atoms with Gasteiger partial charge in [0.15, 0.2) is 21.5 Å². The number of rotatable bonds is 7. The lowest BCUT2D eigenvalue weighted by Gasteiger charge is -2.18. The highest BCUT2D eigenvalue weighted by molar-refractivity contribution is 14.1. The van der Waals surface area contributed by atoms with Gasteiger partial charge in [-0.25, -0.2) is 19.7 Å². The molecule has 1 aliphatic rings. The van der Waals surface area contributed by atoms with Crippen LogP contribution >= 0.6 is 30.8 Å². The second kappa shape index (κ2) is 8.50. The molecule has 28 heavy (non-hydrogen) atoms. The van der Waals surface area contributed by atoms with E-state index in [9.17, 15) is 19.6 Å². The molecule has 0 amide bonds. The Kier molecular flexibility index (Phi) is 6.45. The first-order valence-electron chi connectivity index (χ1n) is 7.60. The van der Waals surface area contributed by atoms with Crippen molar-refractivity contribution in [3.8, 4) is 0 Å². The zero-order valence-corrected chi connectivity index (χ0v) is 16.9. The summed E-state index contributed by atoms with van der Waals surface area (Å²) in [6.45, 7) is -0.540. The molecule has 154 valence electrons. The highest BCUT2D eigenvalue weighted by atomic mass is 127. The Balaban J connectivity index is 1.77. The highest BCUT2D eigenvalue weighted by Gasteiger charge is 2.45. The third-order valence-corrected chi connectivity index (χ3v) is 4.75. The van der Waals surface area contributed by atoms with Crippen LogP contribution < -0.4 is 5.73 Å². The monoisotopic (exact) mass is 531 g/mol. The number of hydrogen-bond donors (Lipinski definition) is 5. The number of ether oxygens (including phenoxy) is 2. The molecule has 0 radical (unpaired) electrons. The van der Waals surface area contributed by atoms with Crippen LogP contribution in [0.15, 0.2) is 6.33 Å². The molecule has 1 fully saturated rings. The number of nitrogens with two attached hydrogens (primary N) is 1. The number of aliphatic carboxylic acids is 1. The maximum atomic E-state index is 11.0. The summed E-state index contributed by atoms with van der Waals surface area (Å²) in [6, 6.07) is 0. The van der Waals surface area contributed by atoms with E-state index in [0.717, 1.165) is 0 Å². The van der Waals surface area contributed by atoms with E-state index < -0.39 is 51.7 Å². The minimum atomic E-state index is -3.57. The molecule has 2 aromatic heterocycles. The molecule has 3 heterocycles. The molecule has 6 atom stereocenters. The minimum Gasteiger partial charge on any atom is -0.477 e. The summed E-state index contributed by atoms with van der Waals surface area (Å²) in [6.07, 6.45) is -5.91. The van der Waals surface area contributed by atoms with Crippen LogP contribution in [0.1, 0.15) is 6.23 Å². The van der Waals surface area contributed by atoms with Crippen molar-refractivity contribution in [2.75, 3.05) is 12.3 Å². The van der Waals surface area contributed by atoms with Gasteiger partial charge in [0.2, 0.25) is 0 Å². The normalized spacial score (nSPS) is 27.1. The van der Waals surface area contributed by atoms with E-state index in [1.54, 1.807) is 0 Å². The van der Waals surface area contributed by atoms with Crippen LogP contribution in [0.3, 0.4) is 0 Å². The van der Waals surface area contributed by atoms with Crippen LogP contribution in [0.4, 0.5) is 5.82 Å². The number of hydrogen-bond acceptors (Lipinski definition) is 11. The van der Waals surface area contributed by atoms with Gasteiger partial charge >= 0.3 is 14.2 Å². The summed E-state index contributed by atoms with van der Waals surface area (Å²) in [5.74, 6) is -1.51. The van der Waals surface area contributed by atoms with Crippen molar-refractivity contribution in [1.82, 2.24) is 19.5 Å². The van der Waals surface area contributed by atoms with Crippen molar-refractivity contribution < 1.29 is 43.6 Å². The molecule has 2 aromatic rings. The fraction of sp³-hybridized carbons (Fsp3) is 0.500. The number of halogens is 1. The lowest BCUT2D eigenvalue weighted by Crippen LogP contribution is -2.36. The molecule has 1 aliphatic heterocycles. The number of nitrogens with zero attached hydrogens (tertiary/aromatic N) is 4. The number of nitrogen functional groups attached to an aromatic ring is 1. The Bertz CT molecular complexity index is 913. The standard InChI is InChI=1S/C12H15IN5O9P/c13-12-16-7(14)4-8(17-12)18(2-15-4)9-6(20)5(19)3(26-9)1-25-11(10(21)22)27-28(23)24/h2-3,5-6,9,11,19-20,28H,1H2,(H,21,22)(H,23,24)(H2,14,16,17)/t3-,5-,6-,9-,11-/m1/s1. The Hall–Kier alpha value is -1.46. The van der Waals surface area contributed by atoms with Crippen molar-refractivity contribution in [3.05, 3.63) is 10.2 Å². The van der Waals surface area contributed by atoms with E-state index in [4.69, 9.17) is 25.2 Å². The van der Waals surface area contributed by atoms with Crippen molar-refractivity contribution in [3.63, 3.8) is 0 Å². The molecule has 1 unspecified atom stereocenters. The molecule has 14 nitrogen and oxygen atoms in total. The van der Waals surface area contributed by atoms with Crippen molar-refractivity contribution in [2.45, 2.75) is 30.8 Å². The maximum absolute atomic E-state index is 11.0. The van der Waals surface area contributed by atoms with E-state index in [2.05, 4.69) is 19.5 Å². The number of aliphatic hydroxyl groups is 2. The summed E-state index contributed by atoms with van der Waals surface area (Å²) < 4.78 is 27.1. The predicted molar refractivity (Wildman–Crippen MR) is 98.1 cm³/mol. The Morgan fingerprint density at radius 3 is 2.79 bits per heavy atom. The fourth-order valence-corrected chi connectivity index (χ4v) is 3.46. The first kappa shape index (κ1) is 21.3. The molecule has 0 spiro atoms. The van der Waals surface area contributed by atoms with Gasteiger partial charge in [0.25, 0.3) is 6.29 Å². The molecule has 0 aliphatic carbocycles. The summed E-state index contributed by atoms with van der Waals surface area (Å²) in [7, 11) is -3.57. The summed E-state index contributed by atoms with van der Waals surface area (Å²) in [4.78, 5) is 31.9. The molecular weight excluding hydrogens is 516 g/mol. The third kappa shape index (κ3) is 4.25. The number of aromatic nitrogens is 4. The van der Waals surface area contributed by atoms with Crippen LogP contribution in [-0.2, 0) is 23.4 Å².